The first-order chi connectivity index (χ1) is 10.3. The fourth-order valence-corrected chi connectivity index (χ4v) is 4.18. The van der Waals surface area contributed by atoms with E-state index in [4.69, 9.17) is 9.47 Å². The summed E-state index contributed by atoms with van der Waals surface area (Å²) in [6, 6.07) is 3.47. The summed E-state index contributed by atoms with van der Waals surface area (Å²) in [4.78, 5) is 10.1. The van der Waals surface area contributed by atoms with E-state index >= 15 is 0 Å². The molecule has 1 aliphatic heterocycles. The summed E-state index contributed by atoms with van der Waals surface area (Å²) >= 11 is 0. The van der Waals surface area contributed by atoms with E-state index in [0.29, 0.717) is 0 Å². The van der Waals surface area contributed by atoms with E-state index in [1.807, 2.05) is 0 Å². The Morgan fingerprint density at radius 1 is 1.32 bits per heavy atom. The molecule has 1 heterocycles. The van der Waals surface area contributed by atoms with Crippen LogP contribution in [0.2, 0.25) is 0 Å². The number of sulfonamides is 1. The number of nitro benzene ring substituents is 1. The molecule has 9 heteroatoms. The summed E-state index contributed by atoms with van der Waals surface area (Å²) in [7, 11) is -2.53. The van der Waals surface area contributed by atoms with Crippen molar-refractivity contribution in [1.29, 1.82) is 0 Å². The van der Waals surface area contributed by atoms with Crippen LogP contribution in [-0.2, 0) is 14.8 Å². The lowest BCUT2D eigenvalue weighted by Gasteiger charge is -2.34. The first kappa shape index (κ1) is 16.7. The SMILES string of the molecule is COc1cc([N+](=O)[O-])ccc1S(=O)(=O)N1C[C@@H](C)O[C@H](C)C1. The fourth-order valence-electron chi connectivity index (χ4n) is 2.45. The summed E-state index contributed by atoms with van der Waals surface area (Å²) in [5, 5.41) is 10.8. The van der Waals surface area contributed by atoms with Crippen LogP contribution in [0.3, 0.4) is 0 Å². The molecule has 0 amide bonds. The van der Waals surface area contributed by atoms with Crippen LogP contribution in [0.1, 0.15) is 13.8 Å². The van der Waals surface area contributed by atoms with Crippen molar-refractivity contribution in [2.24, 2.45) is 0 Å². The van der Waals surface area contributed by atoms with Crippen LogP contribution in [0.25, 0.3) is 0 Å². The highest BCUT2D eigenvalue weighted by Crippen LogP contribution is 2.31. The topological polar surface area (TPSA) is 99.0 Å². The van der Waals surface area contributed by atoms with Crippen molar-refractivity contribution in [2.75, 3.05) is 20.2 Å². The second-order valence-electron chi connectivity index (χ2n) is 5.17. The molecule has 2 atom stereocenters. The number of morpholine rings is 1. The highest BCUT2D eigenvalue weighted by molar-refractivity contribution is 7.89. The monoisotopic (exact) mass is 330 g/mol. The minimum Gasteiger partial charge on any atom is -0.495 e. The van der Waals surface area contributed by atoms with Crippen LogP contribution in [0, 0.1) is 10.1 Å². The molecule has 2 rings (SSSR count). The second-order valence-corrected chi connectivity index (χ2v) is 7.08. The zero-order chi connectivity index (χ0) is 16.5. The Bertz CT molecular complexity index is 665. The van der Waals surface area contributed by atoms with Crippen molar-refractivity contribution in [1.82, 2.24) is 4.31 Å². The van der Waals surface area contributed by atoms with E-state index in [1.165, 1.54) is 17.5 Å². The number of rotatable bonds is 4. The first-order valence-corrected chi connectivity index (χ1v) is 8.17. The van der Waals surface area contributed by atoms with Gasteiger partial charge in [0.05, 0.1) is 30.3 Å². The standard InChI is InChI=1S/C13H18N2O6S/c1-9-7-14(8-10(2)21-9)22(18,19)13-5-4-11(15(16)17)6-12(13)20-3/h4-6,9-10H,7-8H2,1-3H3/t9-,10-/m1/s1. The molecule has 0 saturated carbocycles. The maximum Gasteiger partial charge on any atom is 0.273 e. The van der Waals surface area contributed by atoms with Gasteiger partial charge >= 0.3 is 0 Å². The number of hydrogen-bond acceptors (Lipinski definition) is 6. The largest absolute Gasteiger partial charge is 0.495 e. The first-order valence-electron chi connectivity index (χ1n) is 6.73. The van der Waals surface area contributed by atoms with Gasteiger partial charge < -0.3 is 9.47 Å². The van der Waals surface area contributed by atoms with E-state index in [-0.39, 0.29) is 41.6 Å². The lowest BCUT2D eigenvalue weighted by Crippen LogP contribution is -2.48. The van der Waals surface area contributed by atoms with Gasteiger partial charge in [-0.25, -0.2) is 8.42 Å². The molecule has 1 fully saturated rings. The van der Waals surface area contributed by atoms with Gasteiger partial charge in [-0.2, -0.15) is 4.31 Å². The quantitative estimate of drug-likeness (QED) is 0.611. The summed E-state index contributed by atoms with van der Waals surface area (Å²) < 4.78 is 37.4. The van der Waals surface area contributed by atoms with Gasteiger partial charge in [-0.05, 0) is 19.9 Å². The molecule has 1 aromatic carbocycles. The maximum atomic E-state index is 12.8. The van der Waals surface area contributed by atoms with Crippen molar-refractivity contribution in [3.05, 3.63) is 28.3 Å². The Balaban J connectivity index is 2.42. The van der Waals surface area contributed by atoms with E-state index in [0.717, 1.165) is 12.1 Å². The molecule has 0 bridgehead atoms. The number of benzene rings is 1. The molecule has 0 radical (unpaired) electrons. The molecule has 122 valence electrons. The molecule has 8 nitrogen and oxygen atoms in total. The second kappa shape index (κ2) is 6.19. The summed E-state index contributed by atoms with van der Waals surface area (Å²) in [5.74, 6) is -0.0407. The number of ether oxygens (including phenoxy) is 2. The predicted octanol–water partition coefficient (Wildman–Crippen LogP) is 1.40. The van der Waals surface area contributed by atoms with Crippen LogP contribution in [-0.4, -0.2) is 50.1 Å². The lowest BCUT2D eigenvalue weighted by molar-refractivity contribution is -0.385. The van der Waals surface area contributed by atoms with Crippen LogP contribution in [0.15, 0.2) is 23.1 Å². The zero-order valence-corrected chi connectivity index (χ0v) is 13.4. The summed E-state index contributed by atoms with van der Waals surface area (Å²) in [5.41, 5.74) is -0.223. The number of nitro groups is 1. The van der Waals surface area contributed by atoms with Crippen LogP contribution in [0.5, 0.6) is 5.75 Å². The van der Waals surface area contributed by atoms with Crippen molar-refractivity contribution in [3.8, 4) is 5.75 Å². The molecule has 0 unspecified atom stereocenters. The molecular weight excluding hydrogens is 312 g/mol. The molecule has 1 saturated heterocycles. The molecule has 0 N–H and O–H groups in total. The van der Waals surface area contributed by atoms with Gasteiger partial charge in [0.25, 0.3) is 5.69 Å². The van der Waals surface area contributed by atoms with Crippen LogP contribution in [0.4, 0.5) is 5.69 Å². The van der Waals surface area contributed by atoms with Crippen molar-refractivity contribution in [3.63, 3.8) is 0 Å². The van der Waals surface area contributed by atoms with Crippen molar-refractivity contribution in [2.45, 2.75) is 31.0 Å². The maximum absolute atomic E-state index is 12.8. The average Bonchev–Trinajstić information content (AvgIpc) is 2.45. The minimum atomic E-state index is -3.81. The molecule has 0 aromatic heterocycles. The number of nitrogens with zero attached hydrogens (tertiary/aromatic N) is 2. The fraction of sp³-hybridized carbons (Fsp3) is 0.538. The Kier molecular flexibility index (Phi) is 4.69. The van der Waals surface area contributed by atoms with Gasteiger partial charge in [-0.3, -0.25) is 10.1 Å². The molecule has 1 aliphatic rings. The molecular formula is C13H18N2O6S. The zero-order valence-electron chi connectivity index (χ0n) is 12.6. The molecule has 0 spiro atoms. The number of hydrogen-bond donors (Lipinski definition) is 0. The highest BCUT2D eigenvalue weighted by atomic mass is 32.2. The molecule has 22 heavy (non-hydrogen) atoms. The molecule has 1 aromatic rings. The highest BCUT2D eigenvalue weighted by Gasteiger charge is 2.34. The van der Waals surface area contributed by atoms with Crippen LogP contribution >= 0.6 is 0 Å². The smallest absolute Gasteiger partial charge is 0.273 e. The Morgan fingerprint density at radius 2 is 1.91 bits per heavy atom. The van der Waals surface area contributed by atoms with Crippen LogP contribution < -0.4 is 4.74 Å². The van der Waals surface area contributed by atoms with Gasteiger partial charge in [0, 0.05) is 19.2 Å². The third-order valence-corrected chi connectivity index (χ3v) is 5.23. The van der Waals surface area contributed by atoms with Gasteiger partial charge in [0.15, 0.2) is 0 Å². The van der Waals surface area contributed by atoms with Gasteiger partial charge in [-0.15, -0.1) is 0 Å². The normalized spacial score (nSPS) is 23.2. The van der Waals surface area contributed by atoms with Crippen molar-refractivity contribution >= 4 is 15.7 Å². The van der Waals surface area contributed by atoms with E-state index in [1.54, 1.807) is 13.8 Å². The van der Waals surface area contributed by atoms with Gasteiger partial charge in [0.1, 0.15) is 10.6 Å². The summed E-state index contributed by atoms with van der Waals surface area (Å²) in [6.45, 7) is 4.05. The molecule has 0 aliphatic carbocycles. The third kappa shape index (κ3) is 3.21. The Labute approximate surface area is 128 Å². The number of non-ortho nitro benzene ring substituents is 1. The minimum absolute atomic E-state index is 0.0407. The Hall–Kier alpha value is -1.71. The van der Waals surface area contributed by atoms with Gasteiger partial charge in [-0.1, -0.05) is 0 Å². The lowest BCUT2D eigenvalue weighted by atomic mass is 10.3. The predicted molar refractivity (Wildman–Crippen MR) is 78.4 cm³/mol. The van der Waals surface area contributed by atoms with E-state index < -0.39 is 14.9 Å². The number of methoxy groups -OCH3 is 1. The van der Waals surface area contributed by atoms with E-state index in [2.05, 4.69) is 0 Å². The summed E-state index contributed by atoms with van der Waals surface area (Å²) in [6.07, 6.45) is -0.440. The third-order valence-electron chi connectivity index (χ3n) is 3.36. The van der Waals surface area contributed by atoms with E-state index in [9.17, 15) is 18.5 Å². The van der Waals surface area contributed by atoms with Gasteiger partial charge in [0.2, 0.25) is 10.0 Å². The Morgan fingerprint density at radius 3 is 2.41 bits per heavy atom. The average molecular weight is 330 g/mol. The van der Waals surface area contributed by atoms with Crippen molar-refractivity contribution < 1.29 is 22.8 Å².